The second-order valence-corrected chi connectivity index (χ2v) is 8.30. The van der Waals surface area contributed by atoms with Crippen molar-refractivity contribution in [2.24, 2.45) is 0 Å². The topological polar surface area (TPSA) is 103 Å². The van der Waals surface area contributed by atoms with Crippen molar-refractivity contribution in [3.63, 3.8) is 0 Å². The summed E-state index contributed by atoms with van der Waals surface area (Å²) in [6.07, 6.45) is 4.60. The van der Waals surface area contributed by atoms with Gasteiger partial charge in [-0.3, -0.25) is 19.4 Å². The molecular formula is C23H27N5O3. The number of anilines is 1. The molecule has 162 valence electrons. The van der Waals surface area contributed by atoms with E-state index in [4.69, 9.17) is 0 Å². The smallest absolute Gasteiger partial charge is 0.255 e. The number of pyridine rings is 1. The van der Waals surface area contributed by atoms with Gasteiger partial charge < -0.3 is 20.9 Å². The number of carbonyl (C=O) groups is 3. The van der Waals surface area contributed by atoms with E-state index in [9.17, 15) is 14.4 Å². The number of hydrogen-bond acceptors (Lipinski definition) is 5. The van der Waals surface area contributed by atoms with E-state index >= 15 is 0 Å². The molecule has 1 aromatic heterocycles. The molecule has 1 aromatic carbocycles. The summed E-state index contributed by atoms with van der Waals surface area (Å²) in [5.41, 5.74) is 2.64. The van der Waals surface area contributed by atoms with Crippen molar-refractivity contribution in [1.82, 2.24) is 20.5 Å². The van der Waals surface area contributed by atoms with Crippen LogP contribution in [0.1, 0.15) is 47.7 Å². The molecular weight excluding hydrogens is 394 g/mol. The monoisotopic (exact) mass is 421 g/mol. The minimum absolute atomic E-state index is 0.0907. The van der Waals surface area contributed by atoms with Crippen LogP contribution >= 0.6 is 0 Å². The summed E-state index contributed by atoms with van der Waals surface area (Å²) in [6.45, 7) is 4.44. The average Bonchev–Trinajstić information content (AvgIpc) is 2.91. The van der Waals surface area contributed by atoms with Crippen molar-refractivity contribution < 1.29 is 14.4 Å². The van der Waals surface area contributed by atoms with E-state index in [1.165, 1.54) is 0 Å². The second-order valence-electron chi connectivity index (χ2n) is 8.30. The first-order valence-corrected chi connectivity index (χ1v) is 10.5. The highest BCUT2D eigenvalue weighted by atomic mass is 16.2. The highest BCUT2D eigenvalue weighted by Crippen LogP contribution is 2.32. The molecule has 2 aliphatic heterocycles. The minimum atomic E-state index is -0.700. The van der Waals surface area contributed by atoms with Crippen molar-refractivity contribution >= 4 is 23.4 Å². The fourth-order valence-corrected chi connectivity index (χ4v) is 4.20. The Balaban J connectivity index is 1.44. The van der Waals surface area contributed by atoms with Crippen LogP contribution in [0.15, 0.2) is 42.7 Å². The lowest BCUT2D eigenvalue weighted by Crippen LogP contribution is -2.58. The summed E-state index contributed by atoms with van der Waals surface area (Å²) in [5, 5.41) is 9.40. The van der Waals surface area contributed by atoms with E-state index in [2.05, 4.69) is 20.9 Å². The van der Waals surface area contributed by atoms with Gasteiger partial charge in [0.25, 0.3) is 5.91 Å². The standard InChI is InChI=1S/C23H27N5O3/c1-15-5-6-18-19(12-15)26-23(27-22(18)31)8-7-20(29)28(11-9-23)16(2)21(30)25-14-17-4-3-10-24-13-17/h3-6,10,12-13,16,26H,7-9,11,14H2,1-2H3,(H,25,30)(H,27,31)/t16-,23-/m1/s1. The number of carbonyl (C=O) groups excluding carboxylic acids is 3. The SMILES string of the molecule is Cc1ccc2c(c1)N[C@]1(CCC(=O)N([C@H](C)C(=O)NCc3cccnc3)CC1)NC2=O. The van der Waals surface area contributed by atoms with Crippen LogP contribution in [0.3, 0.4) is 0 Å². The number of rotatable bonds is 4. The van der Waals surface area contributed by atoms with Crippen molar-refractivity contribution in [2.45, 2.75) is 51.4 Å². The van der Waals surface area contributed by atoms with Crippen molar-refractivity contribution in [2.75, 3.05) is 11.9 Å². The second kappa shape index (κ2) is 8.37. The molecule has 2 atom stereocenters. The van der Waals surface area contributed by atoms with Gasteiger partial charge in [0, 0.05) is 44.0 Å². The quantitative estimate of drug-likeness (QED) is 0.700. The van der Waals surface area contributed by atoms with Crippen LogP contribution in [-0.4, -0.2) is 45.9 Å². The van der Waals surface area contributed by atoms with Crippen molar-refractivity contribution in [3.8, 4) is 0 Å². The molecule has 1 fully saturated rings. The molecule has 8 heteroatoms. The zero-order valence-corrected chi connectivity index (χ0v) is 17.8. The molecule has 1 spiro atoms. The fraction of sp³-hybridized carbons (Fsp3) is 0.391. The number of benzene rings is 1. The Labute approximate surface area is 181 Å². The van der Waals surface area contributed by atoms with E-state index in [0.717, 1.165) is 16.8 Å². The summed E-state index contributed by atoms with van der Waals surface area (Å²) in [4.78, 5) is 43.9. The van der Waals surface area contributed by atoms with E-state index < -0.39 is 11.7 Å². The molecule has 2 aliphatic rings. The average molecular weight is 422 g/mol. The summed E-state index contributed by atoms with van der Waals surface area (Å²) in [7, 11) is 0. The van der Waals surface area contributed by atoms with Gasteiger partial charge in [0.05, 0.1) is 5.56 Å². The molecule has 3 heterocycles. The van der Waals surface area contributed by atoms with Gasteiger partial charge in [-0.25, -0.2) is 0 Å². The van der Waals surface area contributed by atoms with Gasteiger partial charge in [0.1, 0.15) is 11.7 Å². The van der Waals surface area contributed by atoms with E-state index in [0.29, 0.717) is 31.5 Å². The van der Waals surface area contributed by atoms with Crippen molar-refractivity contribution in [3.05, 3.63) is 59.4 Å². The predicted octanol–water partition coefficient (Wildman–Crippen LogP) is 1.96. The molecule has 1 saturated heterocycles. The van der Waals surface area contributed by atoms with Gasteiger partial charge >= 0.3 is 0 Å². The number of aromatic nitrogens is 1. The molecule has 3 amide bonds. The number of likely N-dealkylation sites (tertiary alicyclic amines) is 1. The van der Waals surface area contributed by atoms with Gasteiger partial charge in [0.15, 0.2) is 0 Å². The molecule has 0 radical (unpaired) electrons. The van der Waals surface area contributed by atoms with Crippen LogP contribution in [0.25, 0.3) is 0 Å². The first-order chi connectivity index (χ1) is 14.9. The zero-order chi connectivity index (χ0) is 22.0. The Hall–Kier alpha value is -3.42. The first kappa shape index (κ1) is 20.8. The maximum Gasteiger partial charge on any atom is 0.255 e. The van der Waals surface area contributed by atoms with Crippen molar-refractivity contribution in [1.29, 1.82) is 0 Å². The molecule has 0 unspecified atom stereocenters. The Bertz CT molecular complexity index is 1010. The first-order valence-electron chi connectivity index (χ1n) is 10.5. The van der Waals surface area contributed by atoms with Gasteiger partial charge in [-0.2, -0.15) is 0 Å². The van der Waals surface area contributed by atoms with Gasteiger partial charge in [-0.1, -0.05) is 12.1 Å². The summed E-state index contributed by atoms with van der Waals surface area (Å²) >= 11 is 0. The molecule has 31 heavy (non-hydrogen) atoms. The lowest BCUT2D eigenvalue weighted by atomic mass is 9.94. The normalized spacial score (nSPS) is 21.5. The van der Waals surface area contributed by atoms with Gasteiger partial charge in [-0.05, 0) is 49.6 Å². The van der Waals surface area contributed by atoms with Crippen LogP contribution < -0.4 is 16.0 Å². The number of nitrogens with zero attached hydrogens (tertiary/aromatic N) is 2. The Morgan fingerprint density at radius 1 is 1.26 bits per heavy atom. The van der Waals surface area contributed by atoms with E-state index in [1.54, 1.807) is 24.2 Å². The van der Waals surface area contributed by atoms with E-state index in [1.807, 2.05) is 37.3 Å². The minimum Gasteiger partial charge on any atom is -0.362 e. The third-order valence-electron chi connectivity index (χ3n) is 6.05. The summed E-state index contributed by atoms with van der Waals surface area (Å²) in [6, 6.07) is 8.76. The molecule has 8 nitrogen and oxygen atoms in total. The van der Waals surface area contributed by atoms with Crippen LogP contribution in [-0.2, 0) is 16.1 Å². The maximum absolute atomic E-state index is 12.8. The molecule has 4 rings (SSSR count). The molecule has 2 aromatic rings. The van der Waals surface area contributed by atoms with Crippen LogP contribution in [0.5, 0.6) is 0 Å². The van der Waals surface area contributed by atoms with Crippen LogP contribution in [0, 0.1) is 6.92 Å². The Morgan fingerprint density at radius 2 is 2.10 bits per heavy atom. The van der Waals surface area contributed by atoms with Crippen LogP contribution in [0.4, 0.5) is 5.69 Å². The third kappa shape index (κ3) is 4.38. The Morgan fingerprint density at radius 3 is 2.87 bits per heavy atom. The molecule has 0 saturated carbocycles. The van der Waals surface area contributed by atoms with Gasteiger partial charge in [0.2, 0.25) is 11.8 Å². The van der Waals surface area contributed by atoms with Crippen LogP contribution in [0.2, 0.25) is 0 Å². The number of nitrogens with one attached hydrogen (secondary N) is 3. The summed E-state index contributed by atoms with van der Waals surface area (Å²) < 4.78 is 0. The number of fused-ring (bicyclic) bond motifs is 1. The predicted molar refractivity (Wildman–Crippen MR) is 116 cm³/mol. The number of aryl methyl sites for hydroxylation is 1. The zero-order valence-electron chi connectivity index (χ0n) is 17.8. The van der Waals surface area contributed by atoms with E-state index in [-0.39, 0.29) is 24.1 Å². The largest absolute Gasteiger partial charge is 0.362 e. The van der Waals surface area contributed by atoms with Gasteiger partial charge in [-0.15, -0.1) is 0 Å². The molecule has 3 N–H and O–H groups in total. The molecule has 0 aliphatic carbocycles. The number of amides is 3. The highest BCUT2D eigenvalue weighted by molar-refractivity contribution is 6.02. The molecule has 0 bridgehead atoms. The summed E-state index contributed by atoms with van der Waals surface area (Å²) in [5.74, 6) is -0.446. The maximum atomic E-state index is 12.8. The third-order valence-corrected chi connectivity index (χ3v) is 6.05. The number of hydrogen-bond donors (Lipinski definition) is 3. The Kier molecular flexibility index (Phi) is 5.63. The lowest BCUT2D eigenvalue weighted by Gasteiger charge is -2.40. The fourth-order valence-electron chi connectivity index (χ4n) is 4.20. The lowest BCUT2D eigenvalue weighted by molar-refractivity contribution is -0.139. The highest BCUT2D eigenvalue weighted by Gasteiger charge is 2.41.